The van der Waals surface area contributed by atoms with Gasteiger partial charge in [-0.15, -0.1) is 0 Å². The Morgan fingerprint density at radius 1 is 1.27 bits per heavy atom. The van der Waals surface area contributed by atoms with Crippen molar-refractivity contribution in [3.8, 4) is 5.75 Å². The van der Waals surface area contributed by atoms with Crippen molar-refractivity contribution in [2.24, 2.45) is 0 Å². The van der Waals surface area contributed by atoms with Crippen molar-refractivity contribution < 1.29 is 13.2 Å². The van der Waals surface area contributed by atoms with Crippen molar-refractivity contribution in [1.29, 1.82) is 0 Å². The van der Waals surface area contributed by atoms with E-state index in [0.29, 0.717) is 16.3 Å². The van der Waals surface area contributed by atoms with Gasteiger partial charge in [0.25, 0.3) is 0 Å². The lowest BCUT2D eigenvalue weighted by Crippen LogP contribution is -1.97. The number of hydrogen-bond acceptors (Lipinski definition) is 3. The second kappa shape index (κ2) is 4.78. The summed E-state index contributed by atoms with van der Waals surface area (Å²) in [4.78, 5) is 0. The van der Waals surface area contributed by atoms with Crippen LogP contribution in [0.1, 0.15) is 5.56 Å². The average Bonchev–Trinajstić information content (AvgIpc) is 2.07. The van der Waals surface area contributed by atoms with Gasteiger partial charge in [0, 0.05) is 15.7 Å². The van der Waals surface area contributed by atoms with E-state index in [1.54, 1.807) is 0 Å². The van der Waals surface area contributed by atoms with Gasteiger partial charge in [-0.1, -0.05) is 23.2 Å². The molecule has 0 bridgehead atoms. The van der Waals surface area contributed by atoms with Gasteiger partial charge in [0.2, 0.25) is 9.05 Å². The molecule has 15 heavy (non-hydrogen) atoms. The van der Waals surface area contributed by atoms with E-state index in [0.717, 1.165) is 0 Å². The first-order valence-corrected chi connectivity index (χ1v) is 7.01. The molecule has 0 aliphatic carbocycles. The third-order valence-corrected chi connectivity index (χ3v) is 3.28. The van der Waals surface area contributed by atoms with Crippen LogP contribution in [0.15, 0.2) is 12.1 Å². The second-order valence-corrected chi connectivity index (χ2v) is 6.35. The molecule has 0 radical (unpaired) electrons. The number of methoxy groups -OCH3 is 1. The summed E-state index contributed by atoms with van der Waals surface area (Å²) in [6, 6.07) is 2.87. The van der Waals surface area contributed by atoms with E-state index in [4.69, 9.17) is 38.6 Å². The molecular weight excluding hydrogens is 283 g/mol. The summed E-state index contributed by atoms with van der Waals surface area (Å²) in [5, 5.41) is 0.559. The predicted octanol–water partition coefficient (Wildman–Crippen LogP) is 3.07. The Morgan fingerprint density at radius 2 is 1.87 bits per heavy atom. The van der Waals surface area contributed by atoms with E-state index in [1.165, 1.54) is 19.2 Å². The normalized spacial score (nSPS) is 11.5. The zero-order valence-corrected chi connectivity index (χ0v) is 10.7. The highest BCUT2D eigenvalue weighted by molar-refractivity contribution is 8.13. The second-order valence-electron chi connectivity index (χ2n) is 2.76. The number of ether oxygens (including phenoxy) is 1. The minimum absolute atomic E-state index is 0.241. The number of halogens is 3. The van der Waals surface area contributed by atoms with Gasteiger partial charge in [0.15, 0.2) is 0 Å². The van der Waals surface area contributed by atoms with Gasteiger partial charge in [0.05, 0.1) is 17.9 Å². The summed E-state index contributed by atoms with van der Waals surface area (Å²) in [6.07, 6.45) is 0. The van der Waals surface area contributed by atoms with E-state index in [1.807, 2.05) is 0 Å². The summed E-state index contributed by atoms with van der Waals surface area (Å²) < 4.78 is 26.7. The number of hydrogen-bond donors (Lipinski definition) is 0. The molecule has 0 saturated heterocycles. The van der Waals surface area contributed by atoms with E-state index >= 15 is 0 Å². The lowest BCUT2D eigenvalue weighted by molar-refractivity contribution is 0.414. The average molecular weight is 290 g/mol. The van der Waals surface area contributed by atoms with Gasteiger partial charge >= 0.3 is 0 Å². The summed E-state index contributed by atoms with van der Waals surface area (Å²) in [6.45, 7) is 0. The van der Waals surface area contributed by atoms with Crippen LogP contribution in [0.2, 0.25) is 10.0 Å². The van der Waals surface area contributed by atoms with Crippen LogP contribution in [0.25, 0.3) is 0 Å². The molecule has 0 N–H and O–H groups in total. The third kappa shape index (κ3) is 3.72. The van der Waals surface area contributed by atoms with E-state index in [-0.39, 0.29) is 10.8 Å². The van der Waals surface area contributed by atoms with Crippen LogP contribution in [0, 0.1) is 0 Å². The van der Waals surface area contributed by atoms with Gasteiger partial charge in [-0.2, -0.15) is 0 Å². The fourth-order valence-electron chi connectivity index (χ4n) is 1.02. The minimum atomic E-state index is -3.65. The predicted molar refractivity (Wildman–Crippen MR) is 61.5 cm³/mol. The smallest absolute Gasteiger partial charge is 0.236 e. The van der Waals surface area contributed by atoms with Crippen molar-refractivity contribution >= 4 is 42.9 Å². The monoisotopic (exact) mass is 288 g/mol. The van der Waals surface area contributed by atoms with Gasteiger partial charge in [-0.05, 0) is 17.7 Å². The Kier molecular flexibility index (Phi) is 4.12. The maximum absolute atomic E-state index is 10.9. The van der Waals surface area contributed by atoms with E-state index in [9.17, 15) is 8.42 Å². The molecule has 3 nitrogen and oxygen atoms in total. The fraction of sp³-hybridized carbons (Fsp3) is 0.250. The standard InChI is InChI=1S/C8H7Cl3O3S/c1-14-8-2-5(4-15(11,12)13)6(9)3-7(8)10/h2-3H,4H2,1H3. The number of benzene rings is 1. The van der Waals surface area contributed by atoms with Crippen LogP contribution in [0.4, 0.5) is 0 Å². The zero-order valence-electron chi connectivity index (χ0n) is 7.63. The molecule has 0 aromatic heterocycles. The highest BCUT2D eigenvalue weighted by Crippen LogP contribution is 2.32. The molecule has 0 fully saturated rings. The highest BCUT2D eigenvalue weighted by Gasteiger charge is 2.13. The largest absolute Gasteiger partial charge is 0.495 e. The molecule has 1 aromatic rings. The summed E-state index contributed by atoms with van der Waals surface area (Å²) in [5.74, 6) is -0.00244. The van der Waals surface area contributed by atoms with Gasteiger partial charge < -0.3 is 4.74 Å². The molecule has 0 unspecified atom stereocenters. The topological polar surface area (TPSA) is 43.4 Å². The molecular formula is C8H7Cl3O3S. The molecule has 0 aliphatic heterocycles. The quantitative estimate of drug-likeness (QED) is 0.803. The third-order valence-electron chi connectivity index (χ3n) is 1.65. The van der Waals surface area contributed by atoms with Crippen molar-refractivity contribution in [2.75, 3.05) is 7.11 Å². The number of rotatable bonds is 3. The molecule has 1 rings (SSSR count). The van der Waals surface area contributed by atoms with Crippen LogP contribution < -0.4 is 4.74 Å². The van der Waals surface area contributed by atoms with Crippen LogP contribution in [0.5, 0.6) is 5.75 Å². The van der Waals surface area contributed by atoms with Crippen LogP contribution >= 0.6 is 33.9 Å². The molecule has 0 spiro atoms. The van der Waals surface area contributed by atoms with E-state index < -0.39 is 9.05 Å². The molecule has 84 valence electrons. The van der Waals surface area contributed by atoms with Gasteiger partial charge in [-0.3, -0.25) is 0 Å². The Hall–Kier alpha value is -0.160. The first kappa shape index (κ1) is 12.9. The minimum Gasteiger partial charge on any atom is -0.495 e. The Bertz CT molecular complexity index is 470. The van der Waals surface area contributed by atoms with Crippen LogP contribution in [0.3, 0.4) is 0 Å². The van der Waals surface area contributed by atoms with Crippen molar-refractivity contribution in [2.45, 2.75) is 5.75 Å². The first-order chi connectivity index (χ1) is 6.83. The molecule has 1 aromatic carbocycles. The lowest BCUT2D eigenvalue weighted by atomic mass is 10.2. The van der Waals surface area contributed by atoms with Crippen LogP contribution in [-0.2, 0) is 14.8 Å². The summed E-state index contributed by atoms with van der Waals surface area (Å²) in [5.41, 5.74) is 0.355. The summed E-state index contributed by atoms with van der Waals surface area (Å²) in [7, 11) is 2.89. The first-order valence-electron chi connectivity index (χ1n) is 3.77. The maximum atomic E-state index is 10.9. The molecule has 0 aliphatic rings. The molecule has 0 saturated carbocycles. The molecule has 7 heteroatoms. The maximum Gasteiger partial charge on any atom is 0.236 e. The van der Waals surface area contributed by atoms with Crippen molar-refractivity contribution in [3.63, 3.8) is 0 Å². The highest BCUT2D eigenvalue weighted by atomic mass is 35.7. The molecule has 0 atom stereocenters. The van der Waals surface area contributed by atoms with Crippen molar-refractivity contribution in [1.82, 2.24) is 0 Å². The van der Waals surface area contributed by atoms with Crippen LogP contribution in [-0.4, -0.2) is 15.5 Å². The molecule has 0 heterocycles. The van der Waals surface area contributed by atoms with Gasteiger partial charge in [0.1, 0.15) is 5.75 Å². The lowest BCUT2D eigenvalue weighted by Gasteiger charge is -2.07. The Balaban J connectivity index is 3.19. The SMILES string of the molecule is COc1cc(CS(=O)(=O)Cl)c(Cl)cc1Cl. The fourth-order valence-corrected chi connectivity index (χ4v) is 2.59. The Labute approximate surface area is 102 Å². The van der Waals surface area contributed by atoms with Gasteiger partial charge in [-0.25, -0.2) is 8.42 Å². The molecule has 0 amide bonds. The van der Waals surface area contributed by atoms with E-state index in [2.05, 4.69) is 0 Å². The zero-order chi connectivity index (χ0) is 11.6. The Morgan fingerprint density at radius 3 is 2.33 bits per heavy atom. The summed E-state index contributed by atoms with van der Waals surface area (Å²) >= 11 is 11.6. The van der Waals surface area contributed by atoms with Crippen molar-refractivity contribution in [3.05, 3.63) is 27.7 Å².